The highest BCUT2D eigenvalue weighted by atomic mass is 79.9. The monoisotopic (exact) mass is 518 g/mol. The summed E-state index contributed by atoms with van der Waals surface area (Å²) in [6.45, 7) is -0.419. The summed E-state index contributed by atoms with van der Waals surface area (Å²) in [7, 11) is 0. The van der Waals surface area contributed by atoms with Gasteiger partial charge in [-0.1, -0.05) is 0 Å². The average Bonchev–Trinajstić information content (AvgIpc) is 3.20. The molecule has 0 fully saturated rings. The Morgan fingerprint density at radius 3 is 2.62 bits per heavy atom. The molecule has 0 unspecified atom stereocenters. The van der Waals surface area contributed by atoms with Crippen LogP contribution in [-0.2, 0) is 9.53 Å². The molecule has 26 heavy (non-hydrogen) atoms. The van der Waals surface area contributed by atoms with Crippen LogP contribution in [0.15, 0.2) is 44.0 Å². The molecular formula is C16H9Br2FN2O3S2. The van der Waals surface area contributed by atoms with E-state index in [1.54, 1.807) is 23.6 Å². The Hall–Kier alpha value is -1.62. The van der Waals surface area contributed by atoms with Crippen molar-refractivity contribution in [1.82, 2.24) is 4.98 Å². The van der Waals surface area contributed by atoms with Crippen LogP contribution in [0.25, 0.3) is 11.3 Å². The maximum absolute atomic E-state index is 13.0. The fourth-order valence-corrected chi connectivity index (χ4v) is 4.55. The molecule has 1 amide bonds. The van der Waals surface area contributed by atoms with Gasteiger partial charge in [-0.3, -0.25) is 10.1 Å². The zero-order chi connectivity index (χ0) is 18.7. The first-order valence-electron chi connectivity index (χ1n) is 7.05. The number of hydrogen-bond donors (Lipinski definition) is 1. The number of amides is 1. The van der Waals surface area contributed by atoms with Gasteiger partial charge < -0.3 is 4.74 Å². The first-order valence-corrected chi connectivity index (χ1v) is 10.3. The highest BCUT2D eigenvalue weighted by molar-refractivity contribution is 9.13. The molecule has 2 aromatic heterocycles. The Morgan fingerprint density at radius 1 is 1.23 bits per heavy atom. The number of esters is 1. The molecule has 0 aliphatic heterocycles. The molecule has 0 saturated heterocycles. The second-order valence-electron chi connectivity index (χ2n) is 4.90. The Kier molecular flexibility index (Phi) is 6.17. The molecule has 0 spiro atoms. The fraction of sp³-hybridized carbons (Fsp3) is 0.0625. The van der Waals surface area contributed by atoms with Crippen LogP contribution in [0.1, 0.15) is 9.67 Å². The lowest BCUT2D eigenvalue weighted by Crippen LogP contribution is -2.20. The van der Waals surface area contributed by atoms with Crippen molar-refractivity contribution in [3.63, 3.8) is 0 Å². The van der Waals surface area contributed by atoms with Gasteiger partial charge in [-0.15, -0.1) is 22.7 Å². The molecule has 0 saturated carbocycles. The summed E-state index contributed by atoms with van der Waals surface area (Å²) < 4.78 is 19.5. The predicted octanol–water partition coefficient (Wildman–Crippen LogP) is 5.33. The van der Waals surface area contributed by atoms with Gasteiger partial charge in [0.1, 0.15) is 10.7 Å². The van der Waals surface area contributed by atoms with Gasteiger partial charge in [0, 0.05) is 15.4 Å². The van der Waals surface area contributed by atoms with E-state index in [9.17, 15) is 14.0 Å². The topological polar surface area (TPSA) is 68.3 Å². The van der Waals surface area contributed by atoms with Crippen LogP contribution in [0.5, 0.6) is 0 Å². The zero-order valence-electron chi connectivity index (χ0n) is 12.8. The van der Waals surface area contributed by atoms with Gasteiger partial charge in [-0.05, 0) is 62.2 Å². The van der Waals surface area contributed by atoms with Crippen molar-refractivity contribution in [2.24, 2.45) is 0 Å². The van der Waals surface area contributed by atoms with E-state index in [1.165, 1.54) is 34.8 Å². The number of nitrogens with zero attached hydrogens (tertiary/aromatic N) is 1. The summed E-state index contributed by atoms with van der Waals surface area (Å²) in [5.74, 6) is -1.40. The quantitative estimate of drug-likeness (QED) is 0.462. The van der Waals surface area contributed by atoms with Gasteiger partial charge in [-0.2, -0.15) is 0 Å². The number of nitrogens with one attached hydrogen (secondary N) is 1. The van der Waals surface area contributed by atoms with Crippen LogP contribution in [-0.4, -0.2) is 23.5 Å². The number of thiophene rings is 1. The molecule has 3 rings (SSSR count). The number of aromatic nitrogens is 1. The largest absolute Gasteiger partial charge is 0.451 e. The Morgan fingerprint density at radius 2 is 1.96 bits per heavy atom. The van der Waals surface area contributed by atoms with Gasteiger partial charge in [0.2, 0.25) is 0 Å². The second kappa shape index (κ2) is 8.38. The molecule has 10 heteroatoms. The summed E-state index contributed by atoms with van der Waals surface area (Å²) in [4.78, 5) is 28.5. The number of carbonyl (C=O) groups is 2. The second-order valence-corrected chi connectivity index (χ2v) is 8.98. The van der Waals surface area contributed by atoms with Crippen molar-refractivity contribution in [2.75, 3.05) is 11.9 Å². The lowest BCUT2D eigenvalue weighted by Gasteiger charge is -2.03. The number of thiazole rings is 1. The SMILES string of the molecule is O=C(COC(=O)c1cc(Br)c(Br)s1)Nc1nc(-c2ccc(F)cc2)cs1. The molecule has 0 bridgehead atoms. The number of carbonyl (C=O) groups excluding carboxylic acids is 2. The number of rotatable bonds is 5. The molecule has 1 N–H and O–H groups in total. The molecular weight excluding hydrogens is 511 g/mol. The molecule has 0 radical (unpaired) electrons. The Bertz CT molecular complexity index is 937. The summed E-state index contributed by atoms with van der Waals surface area (Å²) >= 11 is 9.01. The zero-order valence-corrected chi connectivity index (χ0v) is 17.6. The average molecular weight is 520 g/mol. The van der Waals surface area contributed by atoms with Gasteiger partial charge in [0.05, 0.1) is 9.48 Å². The van der Waals surface area contributed by atoms with Crippen LogP contribution in [0, 0.1) is 5.82 Å². The maximum atomic E-state index is 13.0. The van der Waals surface area contributed by atoms with Gasteiger partial charge in [0.15, 0.2) is 11.7 Å². The molecule has 3 aromatic rings. The van der Waals surface area contributed by atoms with E-state index in [0.29, 0.717) is 15.7 Å². The van der Waals surface area contributed by atoms with Crippen LogP contribution in [0.4, 0.5) is 9.52 Å². The lowest BCUT2D eigenvalue weighted by molar-refractivity contribution is -0.119. The van der Waals surface area contributed by atoms with Crippen LogP contribution in [0.2, 0.25) is 0 Å². The summed E-state index contributed by atoms with van der Waals surface area (Å²) in [6, 6.07) is 7.51. The third-order valence-corrected chi connectivity index (χ3v) is 7.07. The van der Waals surface area contributed by atoms with Crippen molar-refractivity contribution >= 4 is 71.5 Å². The minimum absolute atomic E-state index is 0.330. The molecule has 0 atom stereocenters. The molecule has 0 aliphatic rings. The highest BCUT2D eigenvalue weighted by Crippen LogP contribution is 2.32. The normalized spacial score (nSPS) is 10.6. The summed E-state index contributed by atoms with van der Waals surface area (Å²) in [6.07, 6.45) is 0. The first kappa shape index (κ1) is 19.2. The molecule has 5 nitrogen and oxygen atoms in total. The Balaban J connectivity index is 1.55. The van der Waals surface area contributed by atoms with E-state index in [1.807, 2.05) is 0 Å². The third kappa shape index (κ3) is 4.76. The fourth-order valence-electron chi connectivity index (χ4n) is 1.89. The van der Waals surface area contributed by atoms with E-state index in [4.69, 9.17) is 4.74 Å². The number of hydrogen-bond acceptors (Lipinski definition) is 6. The lowest BCUT2D eigenvalue weighted by atomic mass is 10.2. The minimum atomic E-state index is -0.581. The summed E-state index contributed by atoms with van der Waals surface area (Å²) in [5, 5.41) is 4.68. The number of ether oxygens (including phenoxy) is 1. The molecule has 1 aromatic carbocycles. The van der Waals surface area contributed by atoms with E-state index in [0.717, 1.165) is 13.8 Å². The van der Waals surface area contributed by atoms with Crippen molar-refractivity contribution in [1.29, 1.82) is 0 Å². The smallest absolute Gasteiger partial charge is 0.348 e. The van der Waals surface area contributed by atoms with Gasteiger partial charge >= 0.3 is 5.97 Å². The summed E-state index contributed by atoms with van der Waals surface area (Å²) in [5.41, 5.74) is 1.36. The van der Waals surface area contributed by atoms with E-state index in [2.05, 4.69) is 42.2 Å². The third-order valence-electron chi connectivity index (χ3n) is 3.07. The minimum Gasteiger partial charge on any atom is -0.451 e. The molecule has 134 valence electrons. The molecule has 0 aliphatic carbocycles. The standard InChI is InChI=1S/C16H9Br2FN2O3S2/c17-10-5-12(26-14(10)18)15(23)24-6-13(22)21-16-20-11(7-25-16)8-1-3-9(19)4-2-8/h1-5,7H,6H2,(H,20,21,22). The van der Waals surface area contributed by atoms with E-state index < -0.39 is 18.5 Å². The maximum Gasteiger partial charge on any atom is 0.348 e. The van der Waals surface area contributed by atoms with Crippen molar-refractivity contribution in [3.05, 3.63) is 54.7 Å². The van der Waals surface area contributed by atoms with Crippen LogP contribution < -0.4 is 5.32 Å². The van der Waals surface area contributed by atoms with E-state index >= 15 is 0 Å². The van der Waals surface area contributed by atoms with Crippen LogP contribution in [0.3, 0.4) is 0 Å². The number of benzene rings is 1. The Labute approximate surface area is 172 Å². The number of anilines is 1. The highest BCUT2D eigenvalue weighted by Gasteiger charge is 2.15. The predicted molar refractivity (Wildman–Crippen MR) is 106 cm³/mol. The molecule has 2 heterocycles. The van der Waals surface area contributed by atoms with Gasteiger partial charge in [0.25, 0.3) is 5.91 Å². The first-order chi connectivity index (χ1) is 12.4. The van der Waals surface area contributed by atoms with Gasteiger partial charge in [-0.25, -0.2) is 14.2 Å². The van der Waals surface area contributed by atoms with Crippen LogP contribution >= 0.6 is 54.5 Å². The van der Waals surface area contributed by atoms with Crippen molar-refractivity contribution in [3.8, 4) is 11.3 Å². The van der Waals surface area contributed by atoms with Crippen molar-refractivity contribution < 1.29 is 18.7 Å². The van der Waals surface area contributed by atoms with Crippen molar-refractivity contribution in [2.45, 2.75) is 0 Å². The van der Waals surface area contributed by atoms with E-state index in [-0.39, 0.29) is 5.82 Å². The number of halogens is 3.